The maximum absolute atomic E-state index is 8.68. The molecule has 0 fully saturated rings. The molecule has 78 valence electrons. The Labute approximate surface area is 107 Å². The minimum absolute atomic E-state index is 0.583. The van der Waals surface area contributed by atoms with Gasteiger partial charge in [0.05, 0.1) is 15.7 Å². The highest BCUT2D eigenvalue weighted by Crippen LogP contribution is 2.35. The summed E-state index contributed by atoms with van der Waals surface area (Å²) < 4.78 is 0. The topological polar surface area (TPSA) is 59.9 Å². The second-order valence-electron chi connectivity index (χ2n) is 2.68. The van der Waals surface area contributed by atoms with Gasteiger partial charge in [-0.3, -0.25) is 0 Å². The lowest BCUT2D eigenvalue weighted by Gasteiger charge is -2.05. The molecule has 0 saturated heterocycles. The summed E-state index contributed by atoms with van der Waals surface area (Å²) in [5.74, 6) is 0. The third-order valence-electron chi connectivity index (χ3n) is 1.71. The largest absolute Gasteiger partial charge is 0.193 e. The number of nitrogens with zero attached hydrogens (tertiary/aromatic N) is 3. The van der Waals surface area contributed by atoms with Crippen molar-refractivity contribution in [2.24, 2.45) is 4.99 Å². The first-order valence-corrected chi connectivity index (χ1v) is 6.11. The molecule has 6 heteroatoms. The summed E-state index contributed by atoms with van der Waals surface area (Å²) >= 11 is 6.62. The molecule has 0 aromatic heterocycles. The third-order valence-corrected chi connectivity index (χ3v) is 3.19. The van der Waals surface area contributed by atoms with Crippen molar-refractivity contribution in [3.8, 4) is 10.8 Å². The summed E-state index contributed by atoms with van der Waals surface area (Å²) in [5.41, 5.74) is 1.48. The average Bonchev–Trinajstić information content (AvgIpc) is 2.24. The first kappa shape index (κ1) is 12.8. The summed E-state index contributed by atoms with van der Waals surface area (Å²) in [6.45, 7) is 1.86. The molecule has 0 aliphatic carbocycles. The second kappa shape index (κ2) is 6.32. The van der Waals surface area contributed by atoms with Gasteiger partial charge in [0.2, 0.25) is 0 Å². The highest BCUT2D eigenvalue weighted by molar-refractivity contribution is 8.04. The first-order valence-electron chi connectivity index (χ1n) is 4.07. The van der Waals surface area contributed by atoms with E-state index >= 15 is 0 Å². The molecule has 3 nitrogen and oxygen atoms in total. The van der Waals surface area contributed by atoms with Crippen LogP contribution in [0.2, 0.25) is 0 Å². The fourth-order valence-corrected chi connectivity index (χ4v) is 2.28. The van der Waals surface area contributed by atoms with Crippen molar-refractivity contribution in [2.75, 3.05) is 0 Å². The van der Waals surface area contributed by atoms with Crippen molar-refractivity contribution >= 4 is 46.6 Å². The average molecular weight is 263 g/mol. The van der Waals surface area contributed by atoms with Gasteiger partial charge >= 0.3 is 0 Å². The van der Waals surface area contributed by atoms with Crippen molar-refractivity contribution in [1.29, 1.82) is 10.5 Å². The third kappa shape index (κ3) is 3.10. The lowest BCUT2D eigenvalue weighted by molar-refractivity contribution is 1.23. The van der Waals surface area contributed by atoms with Gasteiger partial charge in [-0.2, -0.15) is 15.5 Å². The van der Waals surface area contributed by atoms with Gasteiger partial charge in [-0.1, -0.05) is 0 Å². The molecule has 0 heterocycles. The van der Waals surface area contributed by atoms with E-state index in [2.05, 4.69) is 22.4 Å². The number of thiocyanates is 2. The predicted molar refractivity (Wildman–Crippen MR) is 68.8 cm³/mol. The molecular weight excluding hydrogens is 258 g/mol. The smallest absolute Gasteiger partial charge is 0.138 e. The molecule has 0 bridgehead atoms. The number of thiocarbonyl (C=S) groups is 1. The van der Waals surface area contributed by atoms with Crippen LogP contribution in [0.1, 0.15) is 5.56 Å². The fourth-order valence-electron chi connectivity index (χ4n) is 1.15. The number of benzene rings is 1. The standard InChI is InChI=1S/C10H5N3S3/c1-7-2-8(15-4-11)3-9(13-6-14)10(7)16-5-12/h2-3H,1H3. The van der Waals surface area contributed by atoms with Crippen molar-refractivity contribution in [3.05, 3.63) is 17.7 Å². The minimum Gasteiger partial charge on any atom is -0.193 e. The van der Waals surface area contributed by atoms with Crippen LogP contribution in [0.25, 0.3) is 0 Å². The maximum atomic E-state index is 8.68. The molecule has 0 N–H and O–H groups in total. The van der Waals surface area contributed by atoms with Crippen LogP contribution in [0.15, 0.2) is 26.9 Å². The Morgan fingerprint density at radius 1 is 1.25 bits per heavy atom. The van der Waals surface area contributed by atoms with E-state index in [0.717, 1.165) is 38.9 Å². The molecule has 0 atom stereocenters. The SMILES string of the molecule is Cc1cc(SC#N)cc(N=C=S)c1SC#N. The van der Waals surface area contributed by atoms with Crippen LogP contribution in [0.3, 0.4) is 0 Å². The van der Waals surface area contributed by atoms with E-state index < -0.39 is 0 Å². The number of aliphatic imine (C=N–C) groups is 1. The molecule has 0 saturated carbocycles. The molecule has 16 heavy (non-hydrogen) atoms. The number of hydrogen-bond donors (Lipinski definition) is 0. The van der Waals surface area contributed by atoms with Gasteiger partial charge in [-0.15, -0.1) is 0 Å². The maximum Gasteiger partial charge on any atom is 0.138 e. The van der Waals surface area contributed by atoms with Gasteiger partial charge in [-0.25, -0.2) is 0 Å². The van der Waals surface area contributed by atoms with Crippen LogP contribution < -0.4 is 0 Å². The number of nitriles is 2. The van der Waals surface area contributed by atoms with Crippen molar-refractivity contribution in [1.82, 2.24) is 0 Å². The zero-order valence-electron chi connectivity index (χ0n) is 8.22. The van der Waals surface area contributed by atoms with Crippen molar-refractivity contribution in [3.63, 3.8) is 0 Å². The normalized spacial score (nSPS) is 8.69. The van der Waals surface area contributed by atoms with E-state index in [1.165, 1.54) is 0 Å². The van der Waals surface area contributed by atoms with E-state index in [1.54, 1.807) is 6.07 Å². The number of thioether (sulfide) groups is 2. The summed E-state index contributed by atoms with van der Waals surface area (Å²) in [6, 6.07) is 3.57. The van der Waals surface area contributed by atoms with Gasteiger partial charge < -0.3 is 0 Å². The molecule has 1 rings (SSSR count). The fraction of sp³-hybridized carbons (Fsp3) is 0.100. The summed E-state index contributed by atoms with van der Waals surface area (Å²) in [5, 5.41) is 23.5. The van der Waals surface area contributed by atoms with Crippen LogP contribution in [0.4, 0.5) is 5.69 Å². The molecule has 0 amide bonds. The Bertz CT molecular complexity index is 533. The molecule has 0 spiro atoms. The van der Waals surface area contributed by atoms with Crippen molar-refractivity contribution in [2.45, 2.75) is 16.7 Å². The highest BCUT2D eigenvalue weighted by Gasteiger charge is 2.08. The Morgan fingerprint density at radius 3 is 2.50 bits per heavy atom. The number of rotatable bonds is 3. The van der Waals surface area contributed by atoms with Gasteiger partial charge in [0.1, 0.15) is 10.8 Å². The number of isothiocyanates is 1. The van der Waals surface area contributed by atoms with Crippen molar-refractivity contribution < 1.29 is 0 Å². The predicted octanol–water partition coefficient (Wildman–Crippen LogP) is 3.88. The first-order chi connectivity index (χ1) is 7.72. The van der Waals surface area contributed by atoms with Crippen LogP contribution in [-0.2, 0) is 0 Å². The van der Waals surface area contributed by atoms with Gasteiger partial charge in [0, 0.05) is 4.90 Å². The zero-order valence-corrected chi connectivity index (χ0v) is 10.7. The van der Waals surface area contributed by atoms with Crippen LogP contribution >= 0.6 is 35.7 Å². The Morgan fingerprint density at radius 2 is 1.94 bits per heavy atom. The van der Waals surface area contributed by atoms with Crippen LogP contribution in [0, 0.1) is 28.3 Å². The second-order valence-corrected chi connectivity index (χ2v) is 4.51. The highest BCUT2D eigenvalue weighted by atomic mass is 32.2. The van der Waals surface area contributed by atoms with E-state index in [1.807, 2.05) is 23.8 Å². The summed E-state index contributed by atoms with van der Waals surface area (Å²) in [7, 11) is 0. The minimum atomic E-state index is 0.583. The van der Waals surface area contributed by atoms with Crippen LogP contribution in [-0.4, -0.2) is 5.16 Å². The van der Waals surface area contributed by atoms with Crippen LogP contribution in [0.5, 0.6) is 0 Å². The molecule has 1 aromatic carbocycles. The van der Waals surface area contributed by atoms with Gasteiger partial charge in [0.25, 0.3) is 0 Å². The molecule has 0 radical (unpaired) electrons. The summed E-state index contributed by atoms with van der Waals surface area (Å²) in [6.07, 6.45) is 0. The zero-order chi connectivity index (χ0) is 12.0. The van der Waals surface area contributed by atoms with E-state index in [9.17, 15) is 0 Å². The molecule has 0 unspecified atom stereocenters. The van der Waals surface area contributed by atoms with Gasteiger partial charge in [0.15, 0.2) is 0 Å². The van der Waals surface area contributed by atoms with E-state index in [4.69, 9.17) is 10.5 Å². The van der Waals surface area contributed by atoms with E-state index in [-0.39, 0.29) is 0 Å². The Balaban J connectivity index is 3.34. The van der Waals surface area contributed by atoms with Gasteiger partial charge in [-0.05, 0) is 60.4 Å². The lowest BCUT2D eigenvalue weighted by atomic mass is 10.2. The quantitative estimate of drug-likeness (QED) is 0.358. The molecule has 1 aromatic rings. The Hall–Kier alpha value is -1.30. The monoisotopic (exact) mass is 263 g/mol. The van der Waals surface area contributed by atoms with E-state index in [0.29, 0.717) is 5.69 Å². The molecule has 0 aliphatic heterocycles. The molecule has 0 aliphatic rings. The molecular formula is C10H5N3S3. The Kier molecular flexibility index (Phi) is 5.04. The number of aryl methyl sites for hydroxylation is 1. The summed E-state index contributed by atoms with van der Waals surface area (Å²) in [4.78, 5) is 5.43. The lowest BCUT2D eigenvalue weighted by Crippen LogP contribution is -1.82. The number of hydrogen-bond acceptors (Lipinski definition) is 6.